The van der Waals surface area contributed by atoms with Gasteiger partial charge in [-0.05, 0) is 30.7 Å². The highest BCUT2D eigenvalue weighted by atomic mass is 35.5. The lowest BCUT2D eigenvalue weighted by atomic mass is 10.0. The fourth-order valence-electron chi connectivity index (χ4n) is 3.57. The molecular formula is C21H32ClN5O4. The van der Waals surface area contributed by atoms with Crippen LogP contribution in [-0.4, -0.2) is 58.8 Å². The van der Waals surface area contributed by atoms with Crippen LogP contribution >= 0.6 is 12.4 Å². The molecule has 31 heavy (non-hydrogen) atoms. The highest BCUT2D eigenvalue weighted by molar-refractivity contribution is 5.95. The Bertz CT molecular complexity index is 784. The Balaban J connectivity index is 0.00000480. The number of nitrogens with two attached hydrogens (primary N) is 1. The molecule has 10 heteroatoms. The molecule has 0 bridgehead atoms. The Morgan fingerprint density at radius 2 is 1.90 bits per heavy atom. The van der Waals surface area contributed by atoms with Gasteiger partial charge in [0.25, 0.3) is 0 Å². The molecule has 0 spiro atoms. The lowest BCUT2D eigenvalue weighted by Crippen LogP contribution is -2.53. The van der Waals surface area contributed by atoms with Crippen LogP contribution in [0.1, 0.15) is 44.2 Å². The van der Waals surface area contributed by atoms with Crippen LogP contribution in [0.5, 0.6) is 0 Å². The molecule has 2 rings (SSSR count). The van der Waals surface area contributed by atoms with E-state index < -0.39 is 18.1 Å². The maximum absolute atomic E-state index is 13.0. The summed E-state index contributed by atoms with van der Waals surface area (Å²) in [5, 5.41) is 22.0. The third kappa shape index (κ3) is 7.84. The van der Waals surface area contributed by atoms with E-state index in [1.807, 2.05) is 13.8 Å². The first-order chi connectivity index (χ1) is 14.2. The van der Waals surface area contributed by atoms with Crippen molar-refractivity contribution in [2.75, 3.05) is 13.1 Å². The third-order valence-electron chi connectivity index (χ3n) is 5.08. The van der Waals surface area contributed by atoms with Crippen molar-refractivity contribution in [2.45, 2.75) is 51.7 Å². The Kier molecular flexibility index (Phi) is 10.4. The van der Waals surface area contributed by atoms with E-state index in [0.29, 0.717) is 31.5 Å². The summed E-state index contributed by atoms with van der Waals surface area (Å²) >= 11 is 0. The van der Waals surface area contributed by atoms with Gasteiger partial charge in [0.2, 0.25) is 11.8 Å². The molecular weight excluding hydrogens is 422 g/mol. The maximum atomic E-state index is 13.0. The van der Waals surface area contributed by atoms with Gasteiger partial charge in [-0.2, -0.15) is 0 Å². The van der Waals surface area contributed by atoms with Gasteiger partial charge < -0.3 is 21.1 Å². The molecule has 2 amide bonds. The van der Waals surface area contributed by atoms with Crippen LogP contribution < -0.4 is 16.4 Å². The molecule has 1 aliphatic rings. The van der Waals surface area contributed by atoms with Crippen molar-refractivity contribution in [3.8, 4) is 0 Å². The van der Waals surface area contributed by atoms with E-state index in [2.05, 4.69) is 10.6 Å². The molecule has 0 unspecified atom stereocenters. The van der Waals surface area contributed by atoms with Gasteiger partial charge in [-0.25, -0.2) is 0 Å². The van der Waals surface area contributed by atoms with Crippen molar-refractivity contribution in [3.63, 3.8) is 0 Å². The Labute approximate surface area is 188 Å². The molecule has 9 nitrogen and oxygen atoms in total. The number of carbonyl (C=O) groups excluding carboxylic acids is 2. The lowest BCUT2D eigenvalue weighted by molar-refractivity contribution is -0.141. The predicted molar refractivity (Wildman–Crippen MR) is 120 cm³/mol. The Morgan fingerprint density at radius 1 is 1.26 bits per heavy atom. The summed E-state index contributed by atoms with van der Waals surface area (Å²) in [6.45, 7) is 4.42. The normalized spacial score (nSPS) is 16.5. The van der Waals surface area contributed by atoms with E-state index >= 15 is 0 Å². The second-order valence-corrected chi connectivity index (χ2v) is 7.97. The minimum atomic E-state index is -1.02. The molecule has 1 fully saturated rings. The largest absolute Gasteiger partial charge is 0.480 e. The number of carboxylic acids is 1. The Morgan fingerprint density at radius 3 is 2.45 bits per heavy atom. The van der Waals surface area contributed by atoms with Crippen LogP contribution in [-0.2, 0) is 20.9 Å². The van der Waals surface area contributed by atoms with E-state index in [1.165, 1.54) is 0 Å². The number of hydrogen-bond donors (Lipinski definition) is 5. The fourth-order valence-corrected chi connectivity index (χ4v) is 3.57. The highest BCUT2D eigenvalue weighted by Crippen LogP contribution is 2.20. The fraction of sp³-hybridized carbons (Fsp3) is 0.524. The average molecular weight is 454 g/mol. The third-order valence-corrected chi connectivity index (χ3v) is 5.08. The van der Waals surface area contributed by atoms with Gasteiger partial charge >= 0.3 is 5.97 Å². The summed E-state index contributed by atoms with van der Waals surface area (Å²) in [6.07, 6.45) is 1.80. The molecule has 1 aliphatic heterocycles. The lowest BCUT2D eigenvalue weighted by Gasteiger charge is -2.29. The smallest absolute Gasteiger partial charge is 0.317 e. The first-order valence-corrected chi connectivity index (χ1v) is 10.2. The molecule has 1 heterocycles. The molecule has 0 radical (unpaired) electrons. The number of benzene rings is 1. The average Bonchev–Trinajstić information content (AvgIpc) is 3.18. The van der Waals surface area contributed by atoms with Crippen molar-refractivity contribution >= 4 is 36.0 Å². The SMILES string of the molecule is CC(C)C[C@H](NCC(=O)O)C(=O)N1CCC[C@H]1C(=O)NCc1ccc(C(=N)N)cc1.Cl. The molecule has 1 saturated heterocycles. The van der Waals surface area contributed by atoms with Gasteiger partial charge in [-0.3, -0.25) is 25.1 Å². The van der Waals surface area contributed by atoms with E-state index in [1.54, 1.807) is 29.2 Å². The number of nitrogens with zero attached hydrogens (tertiary/aromatic N) is 1. The van der Waals surface area contributed by atoms with E-state index in [4.69, 9.17) is 16.2 Å². The van der Waals surface area contributed by atoms with E-state index in [-0.39, 0.29) is 42.5 Å². The summed E-state index contributed by atoms with van der Waals surface area (Å²) < 4.78 is 0. The number of carboxylic acid groups (broad SMARTS) is 1. The van der Waals surface area contributed by atoms with Gasteiger partial charge in [-0.15, -0.1) is 12.4 Å². The minimum Gasteiger partial charge on any atom is -0.480 e. The van der Waals surface area contributed by atoms with Crippen molar-refractivity contribution in [2.24, 2.45) is 11.7 Å². The zero-order valence-electron chi connectivity index (χ0n) is 17.9. The minimum absolute atomic E-state index is 0. The van der Waals surface area contributed by atoms with Gasteiger partial charge in [0.05, 0.1) is 12.6 Å². The summed E-state index contributed by atoms with van der Waals surface area (Å²) in [5.41, 5.74) is 6.92. The molecule has 6 N–H and O–H groups in total. The second kappa shape index (κ2) is 12.3. The molecule has 172 valence electrons. The molecule has 2 atom stereocenters. The summed E-state index contributed by atoms with van der Waals surface area (Å²) in [6, 6.07) is 5.84. The zero-order valence-corrected chi connectivity index (χ0v) is 18.7. The Hall–Kier alpha value is -2.65. The number of likely N-dealkylation sites (tertiary alicyclic amines) is 1. The second-order valence-electron chi connectivity index (χ2n) is 7.97. The van der Waals surface area contributed by atoms with Gasteiger partial charge in [0.15, 0.2) is 0 Å². The number of amidine groups is 1. The van der Waals surface area contributed by atoms with E-state index in [9.17, 15) is 14.4 Å². The molecule has 0 aliphatic carbocycles. The zero-order chi connectivity index (χ0) is 22.3. The number of hydrogen-bond acceptors (Lipinski definition) is 5. The van der Waals surface area contributed by atoms with Crippen LogP contribution in [0.15, 0.2) is 24.3 Å². The number of carbonyl (C=O) groups is 3. The maximum Gasteiger partial charge on any atom is 0.317 e. The molecule has 0 aromatic heterocycles. The van der Waals surface area contributed by atoms with Gasteiger partial charge in [0.1, 0.15) is 11.9 Å². The number of amides is 2. The highest BCUT2D eigenvalue weighted by Gasteiger charge is 2.37. The van der Waals surface area contributed by atoms with Crippen molar-refractivity contribution in [1.82, 2.24) is 15.5 Å². The van der Waals surface area contributed by atoms with Crippen molar-refractivity contribution < 1.29 is 19.5 Å². The van der Waals surface area contributed by atoms with Crippen molar-refractivity contribution in [3.05, 3.63) is 35.4 Å². The van der Waals surface area contributed by atoms with Crippen LogP contribution in [0.4, 0.5) is 0 Å². The van der Waals surface area contributed by atoms with Crippen LogP contribution in [0, 0.1) is 11.3 Å². The summed E-state index contributed by atoms with van der Waals surface area (Å²) in [7, 11) is 0. The first kappa shape index (κ1) is 26.4. The molecule has 0 saturated carbocycles. The number of aliphatic carboxylic acids is 1. The van der Waals surface area contributed by atoms with Crippen molar-refractivity contribution in [1.29, 1.82) is 5.41 Å². The summed E-state index contributed by atoms with van der Waals surface area (Å²) in [5.74, 6) is -1.29. The molecule has 1 aromatic rings. The van der Waals surface area contributed by atoms with Gasteiger partial charge in [0, 0.05) is 18.7 Å². The number of nitrogens with one attached hydrogen (secondary N) is 3. The number of rotatable bonds is 10. The van der Waals surface area contributed by atoms with Crippen LogP contribution in [0.3, 0.4) is 0 Å². The monoisotopic (exact) mass is 453 g/mol. The standard InChI is InChI=1S/C21H31N5O4.ClH/c1-13(2)10-16(24-12-18(27)28)21(30)26-9-3-4-17(26)20(29)25-11-14-5-7-15(8-6-14)19(22)23;/h5-8,13,16-17,24H,3-4,9-12H2,1-2H3,(H3,22,23)(H,25,29)(H,27,28);1H/t16-,17-;/m0./s1. The van der Waals surface area contributed by atoms with E-state index in [0.717, 1.165) is 12.0 Å². The first-order valence-electron chi connectivity index (χ1n) is 10.2. The van der Waals surface area contributed by atoms with Crippen LogP contribution in [0.25, 0.3) is 0 Å². The van der Waals surface area contributed by atoms with Crippen LogP contribution in [0.2, 0.25) is 0 Å². The predicted octanol–water partition coefficient (Wildman–Crippen LogP) is 1.09. The quantitative estimate of drug-likeness (QED) is 0.264. The summed E-state index contributed by atoms with van der Waals surface area (Å²) in [4.78, 5) is 38.3. The van der Waals surface area contributed by atoms with Gasteiger partial charge in [-0.1, -0.05) is 38.1 Å². The topological polar surface area (TPSA) is 149 Å². The number of nitrogen functional groups attached to an aromatic ring is 1. The molecule has 1 aromatic carbocycles. The number of halogens is 1.